The quantitative estimate of drug-likeness (QED) is 0.809. The molecule has 0 atom stereocenters. The molecule has 1 fully saturated rings. The van der Waals surface area contributed by atoms with Crippen molar-refractivity contribution in [1.29, 1.82) is 0 Å². The van der Waals surface area contributed by atoms with Crippen LogP contribution in [0.15, 0.2) is 36.5 Å². The number of hydrogen-bond donors (Lipinski definition) is 2. The van der Waals surface area contributed by atoms with Crippen LogP contribution in [-0.2, 0) is 9.59 Å². The first-order chi connectivity index (χ1) is 12.7. The molecule has 2 N–H and O–H groups in total. The van der Waals surface area contributed by atoms with Gasteiger partial charge in [-0.2, -0.15) is 0 Å². The van der Waals surface area contributed by atoms with Crippen LogP contribution in [0.1, 0.15) is 32.6 Å². The average molecular weight is 354 g/mol. The second-order valence-corrected chi connectivity index (χ2v) is 6.78. The molecule has 138 valence electrons. The predicted molar refractivity (Wildman–Crippen MR) is 103 cm³/mol. The molecule has 26 heavy (non-hydrogen) atoms. The molecule has 0 bridgehead atoms. The van der Waals surface area contributed by atoms with Gasteiger partial charge in [-0.05, 0) is 37.9 Å². The number of carbonyl (C=O) groups is 2. The van der Waals surface area contributed by atoms with E-state index < -0.39 is 11.8 Å². The predicted octanol–water partition coefficient (Wildman–Crippen LogP) is 2.55. The molecule has 0 radical (unpaired) electrons. The van der Waals surface area contributed by atoms with Gasteiger partial charge in [0.25, 0.3) is 0 Å². The highest BCUT2D eigenvalue weighted by atomic mass is 16.2. The second-order valence-electron chi connectivity index (χ2n) is 6.78. The molecule has 1 aliphatic heterocycles. The highest BCUT2D eigenvalue weighted by Crippen LogP contribution is 2.20. The van der Waals surface area contributed by atoms with Gasteiger partial charge in [0.05, 0.1) is 11.2 Å². The van der Waals surface area contributed by atoms with Gasteiger partial charge in [0, 0.05) is 30.7 Å². The molecular weight excluding hydrogens is 328 g/mol. The molecule has 1 aromatic carbocycles. The van der Waals surface area contributed by atoms with Crippen molar-refractivity contribution < 1.29 is 9.59 Å². The third-order valence-electron chi connectivity index (χ3n) is 4.84. The number of hydrogen-bond acceptors (Lipinski definition) is 4. The first kappa shape index (κ1) is 18.3. The lowest BCUT2D eigenvalue weighted by atomic mass is 10.0. The largest absolute Gasteiger partial charge is 0.345 e. The fourth-order valence-electron chi connectivity index (χ4n) is 3.32. The summed E-state index contributed by atoms with van der Waals surface area (Å²) in [6.07, 6.45) is 5.85. The molecule has 1 aliphatic rings. The molecule has 0 spiro atoms. The number of nitrogens with one attached hydrogen (secondary N) is 2. The van der Waals surface area contributed by atoms with Crippen molar-refractivity contribution in [2.45, 2.75) is 38.6 Å². The molecule has 2 amide bonds. The molecule has 0 saturated carbocycles. The van der Waals surface area contributed by atoms with Crippen molar-refractivity contribution >= 4 is 28.4 Å². The standard InChI is InChI=1S/C20H26N4O2/c1-2-3-12-24-13-9-16(10-14-24)22-19(25)20(26)23-17-8-4-6-15-7-5-11-21-18(15)17/h4-8,11,16H,2-3,9-10,12-14H2,1H3,(H,22,25)(H,23,26). The molecule has 1 saturated heterocycles. The zero-order valence-electron chi connectivity index (χ0n) is 15.2. The van der Waals surface area contributed by atoms with Crippen LogP contribution in [0.3, 0.4) is 0 Å². The Morgan fingerprint density at radius 2 is 1.92 bits per heavy atom. The average Bonchev–Trinajstić information content (AvgIpc) is 2.67. The van der Waals surface area contributed by atoms with Gasteiger partial charge in [0.2, 0.25) is 0 Å². The molecule has 0 unspecified atom stereocenters. The van der Waals surface area contributed by atoms with Crippen LogP contribution in [-0.4, -0.2) is 47.4 Å². The molecule has 2 aromatic rings. The van der Waals surface area contributed by atoms with Crippen LogP contribution in [0, 0.1) is 0 Å². The number of amides is 2. The van der Waals surface area contributed by atoms with E-state index in [2.05, 4.69) is 27.4 Å². The van der Waals surface area contributed by atoms with Gasteiger partial charge in [-0.3, -0.25) is 14.6 Å². The lowest BCUT2D eigenvalue weighted by Gasteiger charge is -2.32. The van der Waals surface area contributed by atoms with E-state index in [0.717, 1.165) is 37.9 Å². The maximum absolute atomic E-state index is 12.3. The molecule has 1 aromatic heterocycles. The van der Waals surface area contributed by atoms with Gasteiger partial charge in [-0.25, -0.2) is 0 Å². The second kappa shape index (κ2) is 8.76. The number of carbonyl (C=O) groups excluding carboxylic acids is 2. The van der Waals surface area contributed by atoms with E-state index in [9.17, 15) is 9.59 Å². The SMILES string of the molecule is CCCCN1CCC(NC(=O)C(=O)Nc2cccc3cccnc23)CC1. The Kier molecular flexibility index (Phi) is 6.17. The molecule has 0 aliphatic carbocycles. The van der Waals surface area contributed by atoms with E-state index in [1.54, 1.807) is 12.3 Å². The number of benzene rings is 1. The van der Waals surface area contributed by atoms with Gasteiger partial charge < -0.3 is 15.5 Å². The van der Waals surface area contributed by atoms with Crippen molar-refractivity contribution in [2.75, 3.05) is 25.0 Å². The monoisotopic (exact) mass is 354 g/mol. The highest BCUT2D eigenvalue weighted by molar-refractivity contribution is 6.40. The summed E-state index contributed by atoms with van der Waals surface area (Å²) in [4.78, 5) is 31.2. The third-order valence-corrected chi connectivity index (χ3v) is 4.84. The van der Waals surface area contributed by atoms with Gasteiger partial charge in [-0.15, -0.1) is 0 Å². The number of anilines is 1. The lowest BCUT2D eigenvalue weighted by Crippen LogP contribution is -2.47. The minimum atomic E-state index is -0.642. The Labute approximate surface area is 154 Å². The van der Waals surface area contributed by atoms with Gasteiger partial charge in [0.1, 0.15) is 0 Å². The highest BCUT2D eigenvalue weighted by Gasteiger charge is 2.23. The van der Waals surface area contributed by atoms with E-state index in [1.807, 2.05) is 24.3 Å². The topological polar surface area (TPSA) is 74.3 Å². The summed E-state index contributed by atoms with van der Waals surface area (Å²) in [6, 6.07) is 9.34. The number of fused-ring (bicyclic) bond motifs is 1. The first-order valence-electron chi connectivity index (χ1n) is 9.35. The third kappa shape index (κ3) is 4.58. The van der Waals surface area contributed by atoms with E-state index in [0.29, 0.717) is 11.2 Å². The summed E-state index contributed by atoms with van der Waals surface area (Å²) in [5.41, 5.74) is 1.23. The summed E-state index contributed by atoms with van der Waals surface area (Å²) in [6.45, 7) is 5.25. The zero-order valence-corrected chi connectivity index (χ0v) is 15.2. The smallest absolute Gasteiger partial charge is 0.313 e. The fourth-order valence-corrected chi connectivity index (χ4v) is 3.32. The van der Waals surface area contributed by atoms with E-state index in [1.165, 1.54) is 12.8 Å². The van der Waals surface area contributed by atoms with E-state index in [-0.39, 0.29) is 6.04 Å². The van der Waals surface area contributed by atoms with Crippen LogP contribution < -0.4 is 10.6 Å². The fraction of sp³-hybridized carbons (Fsp3) is 0.450. The number of unbranched alkanes of at least 4 members (excludes halogenated alkanes) is 1. The summed E-state index contributed by atoms with van der Waals surface area (Å²) in [5, 5.41) is 6.47. The maximum Gasteiger partial charge on any atom is 0.313 e. The first-order valence-corrected chi connectivity index (χ1v) is 9.35. The van der Waals surface area contributed by atoms with Crippen LogP contribution in [0.2, 0.25) is 0 Å². The number of nitrogens with zero attached hydrogens (tertiary/aromatic N) is 2. The Hall–Kier alpha value is -2.47. The van der Waals surface area contributed by atoms with Gasteiger partial charge >= 0.3 is 11.8 Å². The summed E-state index contributed by atoms with van der Waals surface area (Å²) in [7, 11) is 0. The Morgan fingerprint density at radius 1 is 1.15 bits per heavy atom. The Balaban J connectivity index is 1.53. The number of rotatable bonds is 5. The summed E-state index contributed by atoms with van der Waals surface area (Å²) in [5.74, 6) is -1.22. The minimum Gasteiger partial charge on any atom is -0.345 e. The van der Waals surface area contributed by atoms with Crippen molar-refractivity contribution in [2.24, 2.45) is 0 Å². The lowest BCUT2D eigenvalue weighted by molar-refractivity contribution is -0.136. The summed E-state index contributed by atoms with van der Waals surface area (Å²) >= 11 is 0. The number of para-hydroxylation sites is 1. The van der Waals surface area contributed by atoms with E-state index >= 15 is 0 Å². The van der Waals surface area contributed by atoms with Crippen molar-refractivity contribution in [3.8, 4) is 0 Å². The molecular formula is C20H26N4O2. The van der Waals surface area contributed by atoms with E-state index in [4.69, 9.17) is 0 Å². The van der Waals surface area contributed by atoms with Gasteiger partial charge in [-0.1, -0.05) is 31.5 Å². The van der Waals surface area contributed by atoms with Crippen molar-refractivity contribution in [1.82, 2.24) is 15.2 Å². The Bertz CT molecular complexity index is 764. The van der Waals surface area contributed by atoms with Crippen molar-refractivity contribution in [3.05, 3.63) is 36.5 Å². The van der Waals surface area contributed by atoms with Crippen LogP contribution >= 0.6 is 0 Å². The zero-order chi connectivity index (χ0) is 18.4. The number of piperidine rings is 1. The molecule has 6 heteroatoms. The van der Waals surface area contributed by atoms with Crippen LogP contribution in [0.4, 0.5) is 5.69 Å². The Morgan fingerprint density at radius 3 is 2.69 bits per heavy atom. The van der Waals surface area contributed by atoms with Crippen molar-refractivity contribution in [3.63, 3.8) is 0 Å². The minimum absolute atomic E-state index is 0.0665. The normalized spacial score (nSPS) is 15.7. The number of likely N-dealkylation sites (tertiary alicyclic amines) is 1. The van der Waals surface area contributed by atoms with Crippen LogP contribution in [0.25, 0.3) is 10.9 Å². The number of aromatic nitrogens is 1. The van der Waals surface area contributed by atoms with Crippen LogP contribution in [0.5, 0.6) is 0 Å². The molecule has 6 nitrogen and oxygen atoms in total. The van der Waals surface area contributed by atoms with Gasteiger partial charge in [0.15, 0.2) is 0 Å². The maximum atomic E-state index is 12.3. The number of pyridine rings is 1. The molecule has 2 heterocycles. The molecule has 3 rings (SSSR count). The summed E-state index contributed by atoms with van der Waals surface area (Å²) < 4.78 is 0.